The van der Waals surface area contributed by atoms with E-state index < -0.39 is 0 Å². The molecule has 0 aromatic heterocycles. The van der Waals surface area contributed by atoms with Gasteiger partial charge < -0.3 is 19.9 Å². The van der Waals surface area contributed by atoms with E-state index in [0.29, 0.717) is 23.8 Å². The van der Waals surface area contributed by atoms with E-state index >= 15 is 0 Å². The predicted octanol–water partition coefficient (Wildman–Crippen LogP) is 2.97. The molecule has 0 saturated heterocycles. The molecule has 0 heterocycles. The van der Waals surface area contributed by atoms with Crippen molar-refractivity contribution in [3.63, 3.8) is 0 Å². The summed E-state index contributed by atoms with van der Waals surface area (Å²) in [5.41, 5.74) is 0.662. The lowest BCUT2D eigenvalue weighted by Gasteiger charge is -2.18. The summed E-state index contributed by atoms with van der Waals surface area (Å²) in [6, 6.07) is 13.3. The normalized spacial score (nSPS) is 10.0. The second-order valence-corrected chi connectivity index (χ2v) is 4.73. The number of phenols is 1. The summed E-state index contributed by atoms with van der Waals surface area (Å²) in [5.74, 6) is 1.36. The third-order valence-corrected chi connectivity index (χ3v) is 3.14. The Kier molecular flexibility index (Phi) is 5.68. The molecule has 0 aliphatic carbocycles. The van der Waals surface area contributed by atoms with Gasteiger partial charge in [0.1, 0.15) is 5.75 Å². The minimum atomic E-state index is -0.315. The predicted molar refractivity (Wildman–Crippen MR) is 88.1 cm³/mol. The van der Waals surface area contributed by atoms with E-state index in [0.717, 1.165) is 0 Å². The minimum Gasteiger partial charge on any atom is -0.508 e. The molecule has 0 fully saturated rings. The summed E-state index contributed by atoms with van der Waals surface area (Å²) in [4.78, 5) is 13.5. The van der Waals surface area contributed by atoms with Gasteiger partial charge in [0, 0.05) is 12.7 Å². The quantitative estimate of drug-likeness (QED) is 0.804. The Hall–Kier alpha value is -2.89. The fourth-order valence-corrected chi connectivity index (χ4v) is 1.93. The van der Waals surface area contributed by atoms with Crippen molar-refractivity contribution in [2.45, 2.75) is 6.92 Å². The monoisotopic (exact) mass is 316 g/mol. The summed E-state index contributed by atoms with van der Waals surface area (Å²) in [5, 5.41) is 11.9. The molecule has 2 amide bonds. The van der Waals surface area contributed by atoms with Crippen LogP contribution in [0.1, 0.15) is 6.92 Å². The van der Waals surface area contributed by atoms with E-state index in [1.807, 2.05) is 25.1 Å². The number of carbonyl (C=O) groups excluding carboxylic acids is 1. The van der Waals surface area contributed by atoms with Gasteiger partial charge in [-0.3, -0.25) is 4.90 Å². The highest BCUT2D eigenvalue weighted by molar-refractivity contribution is 5.91. The van der Waals surface area contributed by atoms with Crippen molar-refractivity contribution < 1.29 is 19.4 Å². The Morgan fingerprint density at radius 1 is 1.09 bits per heavy atom. The van der Waals surface area contributed by atoms with Gasteiger partial charge in [0.2, 0.25) is 0 Å². The number of nitrogens with zero attached hydrogens (tertiary/aromatic N) is 1. The van der Waals surface area contributed by atoms with Crippen LogP contribution >= 0.6 is 0 Å². The van der Waals surface area contributed by atoms with Crippen molar-refractivity contribution in [3.05, 3.63) is 48.5 Å². The van der Waals surface area contributed by atoms with Crippen LogP contribution in [-0.4, -0.2) is 31.5 Å². The lowest BCUT2D eigenvalue weighted by atomic mass is 10.3. The van der Waals surface area contributed by atoms with Crippen molar-refractivity contribution in [2.24, 2.45) is 0 Å². The van der Waals surface area contributed by atoms with E-state index in [4.69, 9.17) is 9.47 Å². The lowest BCUT2D eigenvalue weighted by molar-refractivity contribution is 0.225. The molecule has 0 aliphatic heterocycles. The number of nitrogens with one attached hydrogen (secondary N) is 1. The number of hydrogen-bond acceptors (Lipinski definition) is 4. The summed E-state index contributed by atoms with van der Waals surface area (Å²) in [6.45, 7) is 2.45. The molecule has 6 heteroatoms. The minimum absolute atomic E-state index is 0.0192. The maximum atomic E-state index is 12.1. The molecule has 122 valence electrons. The number of urea groups is 1. The van der Waals surface area contributed by atoms with Crippen LogP contribution in [0.5, 0.6) is 17.2 Å². The fourth-order valence-electron chi connectivity index (χ4n) is 1.93. The van der Waals surface area contributed by atoms with Gasteiger partial charge >= 0.3 is 6.03 Å². The third kappa shape index (κ3) is 4.54. The molecule has 0 spiro atoms. The number of phenolic OH excluding ortho intramolecular Hbond substituents is 1. The van der Waals surface area contributed by atoms with Gasteiger partial charge in [0.25, 0.3) is 0 Å². The number of benzene rings is 2. The van der Waals surface area contributed by atoms with Crippen LogP contribution in [0.15, 0.2) is 48.5 Å². The Morgan fingerprint density at radius 2 is 1.70 bits per heavy atom. The Morgan fingerprint density at radius 3 is 2.30 bits per heavy atom. The third-order valence-electron chi connectivity index (χ3n) is 3.14. The van der Waals surface area contributed by atoms with Crippen LogP contribution in [0.2, 0.25) is 0 Å². The van der Waals surface area contributed by atoms with Crippen LogP contribution in [-0.2, 0) is 0 Å². The number of rotatable bonds is 6. The van der Waals surface area contributed by atoms with Crippen LogP contribution < -0.4 is 19.7 Å². The molecule has 2 N–H and O–H groups in total. The maximum absolute atomic E-state index is 12.1. The zero-order chi connectivity index (χ0) is 16.7. The molecule has 23 heavy (non-hydrogen) atoms. The molecule has 2 aromatic rings. The highest BCUT2D eigenvalue weighted by Crippen LogP contribution is 2.26. The number of para-hydroxylation sites is 2. The molecule has 2 aromatic carbocycles. The zero-order valence-electron chi connectivity index (χ0n) is 13.2. The molecule has 0 radical (unpaired) electrons. The average Bonchev–Trinajstić information content (AvgIpc) is 2.56. The summed E-state index contributed by atoms with van der Waals surface area (Å²) in [7, 11) is 1.63. The first-order chi connectivity index (χ1) is 11.1. The van der Waals surface area contributed by atoms with E-state index in [9.17, 15) is 9.90 Å². The van der Waals surface area contributed by atoms with Crippen LogP contribution in [0.4, 0.5) is 10.5 Å². The molecule has 6 nitrogen and oxygen atoms in total. The van der Waals surface area contributed by atoms with E-state index in [1.165, 1.54) is 17.0 Å². The molecule has 2 rings (SSSR count). The summed E-state index contributed by atoms with van der Waals surface area (Å²) >= 11 is 0. The molecule has 0 aliphatic rings. The molecule has 0 saturated carbocycles. The number of amides is 2. The van der Waals surface area contributed by atoms with Crippen molar-refractivity contribution in [1.29, 1.82) is 0 Å². The summed E-state index contributed by atoms with van der Waals surface area (Å²) < 4.78 is 11.0. The number of aromatic hydroxyl groups is 1. The fraction of sp³-hybridized carbons (Fsp3) is 0.235. The van der Waals surface area contributed by atoms with E-state index in [2.05, 4.69) is 5.32 Å². The second kappa shape index (κ2) is 7.93. The average molecular weight is 316 g/mol. The van der Waals surface area contributed by atoms with E-state index in [1.54, 1.807) is 25.2 Å². The standard InChI is InChI=1S/C17H20N2O4/c1-3-22-15-6-4-5-7-16(15)23-12-18-17(21)19(2)13-8-10-14(20)11-9-13/h4-11,20H,3,12H2,1-2H3,(H,18,21). The van der Waals surface area contributed by atoms with Gasteiger partial charge in [0.15, 0.2) is 18.2 Å². The Balaban J connectivity index is 1.88. The number of ether oxygens (including phenoxy) is 2. The van der Waals surface area contributed by atoms with Gasteiger partial charge in [-0.15, -0.1) is 0 Å². The van der Waals surface area contributed by atoms with Gasteiger partial charge in [-0.25, -0.2) is 4.79 Å². The van der Waals surface area contributed by atoms with Crippen LogP contribution in [0, 0.1) is 0 Å². The molecule has 0 unspecified atom stereocenters. The van der Waals surface area contributed by atoms with Crippen molar-refractivity contribution in [1.82, 2.24) is 5.32 Å². The Labute approximate surface area is 135 Å². The van der Waals surface area contributed by atoms with E-state index in [-0.39, 0.29) is 18.5 Å². The van der Waals surface area contributed by atoms with Crippen molar-refractivity contribution >= 4 is 11.7 Å². The highest BCUT2D eigenvalue weighted by Gasteiger charge is 2.11. The van der Waals surface area contributed by atoms with Gasteiger partial charge in [0.05, 0.1) is 6.61 Å². The van der Waals surface area contributed by atoms with Crippen LogP contribution in [0.25, 0.3) is 0 Å². The first kappa shape index (κ1) is 16.5. The molecule has 0 bridgehead atoms. The zero-order valence-corrected chi connectivity index (χ0v) is 13.2. The van der Waals surface area contributed by atoms with Gasteiger partial charge in [-0.2, -0.15) is 0 Å². The number of anilines is 1. The highest BCUT2D eigenvalue weighted by atomic mass is 16.5. The number of carbonyl (C=O) groups is 1. The van der Waals surface area contributed by atoms with Gasteiger partial charge in [-0.05, 0) is 43.3 Å². The number of hydrogen-bond donors (Lipinski definition) is 2. The van der Waals surface area contributed by atoms with Gasteiger partial charge in [-0.1, -0.05) is 12.1 Å². The second-order valence-electron chi connectivity index (χ2n) is 4.73. The largest absolute Gasteiger partial charge is 0.508 e. The maximum Gasteiger partial charge on any atom is 0.324 e. The Bertz CT molecular complexity index is 643. The SMILES string of the molecule is CCOc1ccccc1OCNC(=O)N(C)c1ccc(O)cc1. The van der Waals surface area contributed by atoms with Crippen molar-refractivity contribution in [2.75, 3.05) is 25.3 Å². The lowest BCUT2D eigenvalue weighted by Crippen LogP contribution is -2.39. The first-order valence-electron chi connectivity index (χ1n) is 7.27. The van der Waals surface area contributed by atoms with Crippen LogP contribution in [0.3, 0.4) is 0 Å². The van der Waals surface area contributed by atoms with Crippen molar-refractivity contribution in [3.8, 4) is 17.2 Å². The summed E-state index contributed by atoms with van der Waals surface area (Å²) in [6.07, 6.45) is 0. The molecular weight excluding hydrogens is 296 g/mol. The molecular formula is C17H20N2O4. The topological polar surface area (TPSA) is 71.0 Å². The first-order valence-corrected chi connectivity index (χ1v) is 7.27. The smallest absolute Gasteiger partial charge is 0.324 e. The molecule has 0 atom stereocenters.